The predicted octanol–water partition coefficient (Wildman–Crippen LogP) is 2.66. The number of carbonyl (C=O) groups excluding carboxylic acids is 1. The Morgan fingerprint density at radius 1 is 1.00 bits per heavy atom. The topological polar surface area (TPSA) is 57.7 Å². The third-order valence-electron chi connectivity index (χ3n) is 3.86. The average Bonchev–Trinajstić information content (AvgIpc) is 2.54. The maximum Gasteiger partial charge on any atom is 0.256 e. The molecule has 2 aromatic carbocycles. The molecule has 0 aliphatic carbocycles. The van der Waals surface area contributed by atoms with E-state index in [-0.39, 0.29) is 5.91 Å². The monoisotopic (exact) mass is 346 g/mol. The number of amides is 1. The lowest BCUT2D eigenvalue weighted by molar-refractivity contribution is 0.0786. The largest absolute Gasteiger partial charge is 0.337 e. The molecule has 0 bridgehead atoms. The number of hydrogen-bond donors (Lipinski definition) is 0. The normalized spacial score (nSPS) is 11.2. The van der Waals surface area contributed by atoms with Crippen molar-refractivity contribution in [2.24, 2.45) is 0 Å². The van der Waals surface area contributed by atoms with Gasteiger partial charge in [-0.2, -0.15) is 0 Å². The quantitative estimate of drug-likeness (QED) is 0.836. The van der Waals surface area contributed by atoms with Crippen LogP contribution < -0.4 is 4.31 Å². The summed E-state index contributed by atoms with van der Waals surface area (Å²) in [6, 6.07) is 14.7. The third kappa shape index (κ3) is 4.14. The van der Waals surface area contributed by atoms with Crippen LogP contribution in [0.4, 0.5) is 5.69 Å². The number of sulfonamides is 1. The summed E-state index contributed by atoms with van der Waals surface area (Å²) in [5.41, 5.74) is 2.92. The highest BCUT2D eigenvalue weighted by atomic mass is 32.2. The zero-order chi connectivity index (χ0) is 17.9. The summed E-state index contributed by atoms with van der Waals surface area (Å²) in [4.78, 5) is 14.4. The molecule has 24 heavy (non-hydrogen) atoms. The Labute approximate surface area is 143 Å². The summed E-state index contributed by atoms with van der Waals surface area (Å²) in [6.07, 6.45) is 1.12. The van der Waals surface area contributed by atoms with E-state index < -0.39 is 10.0 Å². The van der Waals surface area contributed by atoms with E-state index in [2.05, 4.69) is 0 Å². The molecule has 0 aromatic heterocycles. The van der Waals surface area contributed by atoms with Crippen molar-refractivity contribution in [1.29, 1.82) is 0 Å². The van der Waals surface area contributed by atoms with Crippen molar-refractivity contribution in [2.45, 2.75) is 13.5 Å². The maximum absolute atomic E-state index is 12.8. The van der Waals surface area contributed by atoms with Gasteiger partial charge in [0.25, 0.3) is 5.91 Å². The summed E-state index contributed by atoms with van der Waals surface area (Å²) in [5, 5.41) is 0. The Morgan fingerprint density at radius 3 is 2.17 bits per heavy atom. The molecule has 128 valence electrons. The predicted molar refractivity (Wildman–Crippen MR) is 96.7 cm³/mol. The summed E-state index contributed by atoms with van der Waals surface area (Å²) in [7, 11) is -0.285. The van der Waals surface area contributed by atoms with E-state index in [0.717, 1.165) is 21.7 Å². The SMILES string of the molecule is Cc1ccc(CN(C)C(=O)c2ccccc2N(C)S(C)(=O)=O)cc1. The number of benzene rings is 2. The molecule has 0 saturated carbocycles. The van der Waals surface area contributed by atoms with Gasteiger partial charge in [0, 0.05) is 20.6 Å². The number of carbonyl (C=O) groups is 1. The molecular formula is C18H22N2O3S. The molecule has 0 heterocycles. The summed E-state index contributed by atoms with van der Waals surface area (Å²) in [6.45, 7) is 2.46. The first-order chi connectivity index (χ1) is 11.2. The zero-order valence-corrected chi connectivity index (χ0v) is 15.2. The third-order valence-corrected chi connectivity index (χ3v) is 5.05. The van der Waals surface area contributed by atoms with Gasteiger partial charge in [-0.25, -0.2) is 8.42 Å². The van der Waals surface area contributed by atoms with Crippen LogP contribution in [0, 0.1) is 6.92 Å². The second-order valence-corrected chi connectivity index (χ2v) is 7.91. The van der Waals surface area contributed by atoms with Gasteiger partial charge < -0.3 is 4.90 Å². The number of nitrogens with zero attached hydrogens (tertiary/aromatic N) is 2. The molecule has 0 fully saturated rings. The Balaban J connectivity index is 2.27. The maximum atomic E-state index is 12.8. The van der Waals surface area contributed by atoms with E-state index >= 15 is 0 Å². The molecule has 2 rings (SSSR count). The second-order valence-electron chi connectivity index (χ2n) is 5.89. The molecule has 0 radical (unpaired) electrons. The van der Waals surface area contributed by atoms with Gasteiger partial charge in [-0.05, 0) is 24.6 Å². The van der Waals surface area contributed by atoms with Crippen LogP contribution in [0.3, 0.4) is 0 Å². The Bertz CT molecular complexity index is 830. The molecule has 0 spiro atoms. The number of aryl methyl sites for hydroxylation is 1. The van der Waals surface area contributed by atoms with Crippen molar-refractivity contribution in [3.8, 4) is 0 Å². The van der Waals surface area contributed by atoms with Crippen molar-refractivity contribution < 1.29 is 13.2 Å². The minimum Gasteiger partial charge on any atom is -0.337 e. The minimum atomic E-state index is -3.44. The van der Waals surface area contributed by atoms with Crippen molar-refractivity contribution in [3.05, 3.63) is 65.2 Å². The highest BCUT2D eigenvalue weighted by Crippen LogP contribution is 2.23. The molecule has 5 nitrogen and oxygen atoms in total. The van der Waals surface area contributed by atoms with E-state index in [9.17, 15) is 13.2 Å². The van der Waals surface area contributed by atoms with Crippen LogP contribution in [0.5, 0.6) is 0 Å². The van der Waals surface area contributed by atoms with Crippen LogP contribution in [0.25, 0.3) is 0 Å². The number of hydrogen-bond acceptors (Lipinski definition) is 3. The van der Waals surface area contributed by atoms with Crippen LogP contribution in [0.2, 0.25) is 0 Å². The van der Waals surface area contributed by atoms with Gasteiger partial charge in [-0.3, -0.25) is 9.10 Å². The molecule has 2 aromatic rings. The molecular weight excluding hydrogens is 324 g/mol. The van der Waals surface area contributed by atoms with Crippen LogP contribution >= 0.6 is 0 Å². The molecule has 0 aliphatic heterocycles. The van der Waals surface area contributed by atoms with Gasteiger partial charge in [0.1, 0.15) is 0 Å². The fourth-order valence-electron chi connectivity index (χ4n) is 2.35. The molecule has 0 unspecified atom stereocenters. The first-order valence-corrected chi connectivity index (χ1v) is 9.39. The zero-order valence-electron chi connectivity index (χ0n) is 14.4. The molecule has 0 saturated heterocycles. The summed E-state index contributed by atoms with van der Waals surface area (Å²) in [5.74, 6) is -0.221. The van der Waals surface area contributed by atoms with E-state index in [1.54, 1.807) is 36.2 Å². The van der Waals surface area contributed by atoms with Gasteiger partial charge in [-0.15, -0.1) is 0 Å². The highest BCUT2D eigenvalue weighted by Gasteiger charge is 2.21. The Kier molecular flexibility index (Phi) is 5.29. The molecule has 0 N–H and O–H groups in total. The summed E-state index contributed by atoms with van der Waals surface area (Å²) < 4.78 is 24.7. The van der Waals surface area contributed by atoms with E-state index in [1.807, 2.05) is 31.2 Å². The van der Waals surface area contributed by atoms with Crippen molar-refractivity contribution in [2.75, 3.05) is 24.7 Å². The number of anilines is 1. The Hall–Kier alpha value is -2.34. The molecule has 0 aliphatic rings. The molecule has 0 atom stereocenters. The second kappa shape index (κ2) is 7.05. The standard InChI is InChI=1S/C18H22N2O3S/c1-14-9-11-15(12-10-14)13-19(2)18(21)16-7-5-6-8-17(16)20(3)24(4,22)23/h5-12H,13H2,1-4H3. The summed E-state index contributed by atoms with van der Waals surface area (Å²) >= 11 is 0. The lowest BCUT2D eigenvalue weighted by Crippen LogP contribution is -2.31. The highest BCUT2D eigenvalue weighted by molar-refractivity contribution is 7.92. The van der Waals surface area contributed by atoms with Crippen molar-refractivity contribution in [1.82, 2.24) is 4.90 Å². The molecule has 1 amide bonds. The fraction of sp³-hybridized carbons (Fsp3) is 0.278. The smallest absolute Gasteiger partial charge is 0.256 e. The van der Waals surface area contributed by atoms with E-state index in [1.165, 1.54) is 7.05 Å². The lowest BCUT2D eigenvalue weighted by atomic mass is 10.1. The van der Waals surface area contributed by atoms with Crippen molar-refractivity contribution in [3.63, 3.8) is 0 Å². The number of para-hydroxylation sites is 1. The van der Waals surface area contributed by atoms with Crippen LogP contribution in [0.1, 0.15) is 21.5 Å². The van der Waals surface area contributed by atoms with Gasteiger partial charge >= 0.3 is 0 Å². The fourth-order valence-corrected chi connectivity index (χ4v) is 2.87. The van der Waals surface area contributed by atoms with Gasteiger partial charge in [0.2, 0.25) is 10.0 Å². The van der Waals surface area contributed by atoms with Gasteiger partial charge in [-0.1, -0.05) is 42.0 Å². The average molecular weight is 346 g/mol. The van der Waals surface area contributed by atoms with Crippen LogP contribution in [0.15, 0.2) is 48.5 Å². The van der Waals surface area contributed by atoms with Crippen molar-refractivity contribution >= 4 is 21.6 Å². The number of rotatable bonds is 5. The van der Waals surface area contributed by atoms with E-state index in [4.69, 9.17) is 0 Å². The van der Waals surface area contributed by atoms with E-state index in [0.29, 0.717) is 17.8 Å². The van der Waals surface area contributed by atoms with Crippen LogP contribution in [-0.4, -0.2) is 39.6 Å². The minimum absolute atomic E-state index is 0.221. The van der Waals surface area contributed by atoms with Crippen LogP contribution in [-0.2, 0) is 16.6 Å². The Morgan fingerprint density at radius 2 is 1.58 bits per heavy atom. The lowest BCUT2D eigenvalue weighted by Gasteiger charge is -2.23. The van der Waals surface area contributed by atoms with Gasteiger partial charge in [0.15, 0.2) is 0 Å². The first kappa shape index (κ1) is 18.0. The van der Waals surface area contributed by atoms with Gasteiger partial charge in [0.05, 0.1) is 17.5 Å². The molecule has 6 heteroatoms. The first-order valence-electron chi connectivity index (χ1n) is 7.54.